The van der Waals surface area contributed by atoms with Gasteiger partial charge < -0.3 is 5.32 Å². The van der Waals surface area contributed by atoms with Crippen LogP contribution in [0.25, 0.3) is 0 Å². The van der Waals surface area contributed by atoms with E-state index in [4.69, 9.17) is 23.2 Å². The Balaban J connectivity index is 2.28. The Morgan fingerprint density at radius 2 is 2.11 bits per heavy atom. The molecule has 0 atom stereocenters. The number of amides is 1. The Kier molecular flexibility index (Phi) is 3.74. The summed E-state index contributed by atoms with van der Waals surface area (Å²) < 4.78 is 13.3. The van der Waals surface area contributed by atoms with Crippen LogP contribution in [-0.2, 0) is 0 Å². The first-order valence-electron chi connectivity index (χ1n) is 4.80. The maximum Gasteiger partial charge on any atom is 0.257 e. The van der Waals surface area contributed by atoms with Crippen molar-refractivity contribution >= 4 is 34.8 Å². The highest BCUT2D eigenvalue weighted by atomic mass is 35.5. The number of halogens is 3. The van der Waals surface area contributed by atoms with Crippen LogP contribution in [0.4, 0.5) is 10.1 Å². The summed E-state index contributed by atoms with van der Waals surface area (Å²) in [5.41, 5.74) is 0.131. The van der Waals surface area contributed by atoms with Crippen molar-refractivity contribution in [1.82, 2.24) is 9.97 Å². The van der Waals surface area contributed by atoms with Crippen molar-refractivity contribution in [2.45, 2.75) is 0 Å². The molecule has 0 saturated heterocycles. The molecule has 0 aliphatic heterocycles. The molecule has 2 aromatic rings. The van der Waals surface area contributed by atoms with E-state index in [1.54, 1.807) is 0 Å². The van der Waals surface area contributed by atoms with Crippen LogP contribution in [0.2, 0.25) is 10.2 Å². The maximum absolute atomic E-state index is 13.3. The van der Waals surface area contributed by atoms with Crippen molar-refractivity contribution in [3.05, 3.63) is 52.3 Å². The fraction of sp³-hybridized carbons (Fsp3) is 0. The van der Waals surface area contributed by atoms with Gasteiger partial charge in [0.25, 0.3) is 5.91 Å². The fourth-order valence-corrected chi connectivity index (χ4v) is 1.60. The average Bonchev–Trinajstić information content (AvgIpc) is 2.35. The summed E-state index contributed by atoms with van der Waals surface area (Å²) in [6.45, 7) is 0. The molecule has 92 valence electrons. The Morgan fingerprint density at radius 1 is 1.33 bits per heavy atom. The lowest BCUT2D eigenvalue weighted by Gasteiger charge is -2.07. The molecule has 0 aliphatic carbocycles. The molecule has 4 nitrogen and oxygen atoms in total. The van der Waals surface area contributed by atoms with E-state index in [1.165, 1.54) is 24.5 Å². The minimum Gasteiger partial charge on any atom is -0.319 e. The van der Waals surface area contributed by atoms with E-state index in [9.17, 15) is 9.18 Å². The number of aromatic nitrogens is 2. The second-order valence-electron chi connectivity index (χ2n) is 3.30. The van der Waals surface area contributed by atoms with Crippen molar-refractivity contribution in [2.75, 3.05) is 5.32 Å². The molecule has 0 aliphatic rings. The van der Waals surface area contributed by atoms with Crippen LogP contribution in [0.1, 0.15) is 10.4 Å². The van der Waals surface area contributed by atoms with Crippen LogP contribution < -0.4 is 5.32 Å². The Morgan fingerprint density at radius 3 is 2.83 bits per heavy atom. The van der Waals surface area contributed by atoms with Gasteiger partial charge in [0.2, 0.25) is 0 Å². The van der Waals surface area contributed by atoms with Gasteiger partial charge in [-0.2, -0.15) is 0 Å². The zero-order chi connectivity index (χ0) is 13.1. The first-order valence-corrected chi connectivity index (χ1v) is 5.55. The van der Waals surface area contributed by atoms with E-state index in [0.29, 0.717) is 0 Å². The van der Waals surface area contributed by atoms with E-state index in [1.807, 2.05) is 0 Å². The third-order valence-electron chi connectivity index (χ3n) is 2.09. The molecule has 18 heavy (non-hydrogen) atoms. The molecular formula is C11H6Cl2FN3O. The number of rotatable bonds is 2. The number of pyridine rings is 2. The predicted molar refractivity (Wildman–Crippen MR) is 66.4 cm³/mol. The number of nitrogens with one attached hydrogen (secondary N) is 1. The molecule has 0 bridgehead atoms. The minimum atomic E-state index is -0.637. The molecule has 0 radical (unpaired) electrons. The summed E-state index contributed by atoms with van der Waals surface area (Å²) in [6.07, 6.45) is 3.61. The van der Waals surface area contributed by atoms with E-state index in [-0.39, 0.29) is 21.4 Å². The van der Waals surface area contributed by atoms with Crippen molar-refractivity contribution < 1.29 is 9.18 Å². The number of carbonyl (C=O) groups excluding carboxylic acids is 1. The molecule has 1 amide bonds. The summed E-state index contributed by atoms with van der Waals surface area (Å²) in [6, 6.07) is 2.64. The summed E-state index contributed by atoms with van der Waals surface area (Å²) in [7, 11) is 0. The quantitative estimate of drug-likeness (QED) is 0.863. The Labute approximate surface area is 112 Å². The smallest absolute Gasteiger partial charge is 0.257 e. The van der Waals surface area contributed by atoms with Gasteiger partial charge in [0, 0.05) is 12.4 Å². The van der Waals surface area contributed by atoms with Crippen LogP contribution >= 0.6 is 23.2 Å². The molecule has 0 unspecified atom stereocenters. The highest BCUT2D eigenvalue weighted by molar-refractivity contribution is 6.35. The molecular weight excluding hydrogens is 280 g/mol. The molecule has 0 spiro atoms. The highest BCUT2D eigenvalue weighted by Gasteiger charge is 2.13. The van der Waals surface area contributed by atoms with Gasteiger partial charge >= 0.3 is 0 Å². The first kappa shape index (κ1) is 12.7. The standard InChI is InChI=1S/C11H6Cl2FN3O/c12-7-4-16-10(13)3-6(7)11(18)17-9-1-2-15-5-8(9)14/h1-5H,(H,15,17,18). The number of carbonyl (C=O) groups is 1. The number of anilines is 1. The zero-order valence-corrected chi connectivity index (χ0v) is 10.3. The average molecular weight is 286 g/mol. The van der Waals surface area contributed by atoms with Gasteiger partial charge in [-0.05, 0) is 12.1 Å². The van der Waals surface area contributed by atoms with Gasteiger partial charge in [-0.1, -0.05) is 23.2 Å². The third kappa shape index (κ3) is 2.75. The minimum absolute atomic E-state index is 0.0130. The second kappa shape index (κ2) is 5.29. The van der Waals surface area contributed by atoms with E-state index >= 15 is 0 Å². The molecule has 2 aromatic heterocycles. The maximum atomic E-state index is 13.3. The molecule has 0 fully saturated rings. The fourth-order valence-electron chi connectivity index (χ4n) is 1.25. The van der Waals surface area contributed by atoms with E-state index in [2.05, 4.69) is 15.3 Å². The summed E-state index contributed by atoms with van der Waals surface area (Å²) in [5.74, 6) is -1.21. The Hall–Kier alpha value is -1.72. The number of hydrogen-bond donors (Lipinski definition) is 1. The zero-order valence-electron chi connectivity index (χ0n) is 8.82. The number of hydrogen-bond acceptors (Lipinski definition) is 3. The molecule has 0 aromatic carbocycles. The lowest BCUT2D eigenvalue weighted by atomic mass is 10.2. The van der Waals surface area contributed by atoms with Gasteiger partial charge in [0.1, 0.15) is 5.15 Å². The third-order valence-corrected chi connectivity index (χ3v) is 2.60. The molecule has 7 heteroatoms. The van der Waals surface area contributed by atoms with Crippen LogP contribution in [0.15, 0.2) is 30.7 Å². The van der Waals surface area contributed by atoms with Crippen molar-refractivity contribution in [3.8, 4) is 0 Å². The Bertz CT molecular complexity index is 607. The van der Waals surface area contributed by atoms with Gasteiger partial charge in [0.15, 0.2) is 5.82 Å². The molecule has 0 saturated carbocycles. The SMILES string of the molecule is O=C(Nc1ccncc1F)c1cc(Cl)ncc1Cl. The van der Waals surface area contributed by atoms with Crippen molar-refractivity contribution in [3.63, 3.8) is 0 Å². The summed E-state index contributed by atoms with van der Waals surface area (Å²) >= 11 is 11.5. The summed E-state index contributed by atoms with van der Waals surface area (Å²) in [4.78, 5) is 19.2. The van der Waals surface area contributed by atoms with Crippen LogP contribution in [0.5, 0.6) is 0 Å². The molecule has 2 heterocycles. The van der Waals surface area contributed by atoms with Gasteiger partial charge in [-0.3, -0.25) is 9.78 Å². The van der Waals surface area contributed by atoms with Gasteiger partial charge in [-0.15, -0.1) is 0 Å². The normalized spacial score (nSPS) is 10.2. The second-order valence-corrected chi connectivity index (χ2v) is 4.09. The van der Waals surface area contributed by atoms with Crippen molar-refractivity contribution in [1.29, 1.82) is 0 Å². The predicted octanol–water partition coefficient (Wildman–Crippen LogP) is 3.17. The topological polar surface area (TPSA) is 54.9 Å². The largest absolute Gasteiger partial charge is 0.319 e. The number of nitrogens with zero attached hydrogens (tertiary/aromatic N) is 2. The van der Waals surface area contributed by atoms with Crippen LogP contribution in [0, 0.1) is 5.82 Å². The molecule has 2 rings (SSSR count). The first-order chi connectivity index (χ1) is 8.58. The monoisotopic (exact) mass is 285 g/mol. The highest BCUT2D eigenvalue weighted by Crippen LogP contribution is 2.20. The lowest BCUT2D eigenvalue weighted by Crippen LogP contribution is -2.13. The van der Waals surface area contributed by atoms with Crippen molar-refractivity contribution in [2.24, 2.45) is 0 Å². The van der Waals surface area contributed by atoms with E-state index < -0.39 is 11.7 Å². The summed E-state index contributed by atoms with van der Waals surface area (Å²) in [5, 5.41) is 2.63. The van der Waals surface area contributed by atoms with Gasteiger partial charge in [-0.25, -0.2) is 9.37 Å². The lowest BCUT2D eigenvalue weighted by molar-refractivity contribution is 0.102. The van der Waals surface area contributed by atoms with E-state index in [0.717, 1.165) is 6.20 Å². The van der Waals surface area contributed by atoms with Crippen LogP contribution in [-0.4, -0.2) is 15.9 Å². The molecule has 1 N–H and O–H groups in total. The van der Waals surface area contributed by atoms with Crippen LogP contribution in [0.3, 0.4) is 0 Å². The van der Waals surface area contributed by atoms with Gasteiger partial charge in [0.05, 0.1) is 22.5 Å².